The van der Waals surface area contributed by atoms with Crippen molar-refractivity contribution in [3.63, 3.8) is 0 Å². The molecule has 0 aromatic heterocycles. The molecule has 18 heavy (non-hydrogen) atoms. The number of hydrogen-bond acceptors (Lipinski definition) is 4. The summed E-state index contributed by atoms with van der Waals surface area (Å²) in [6.07, 6.45) is 0.510. The molecule has 0 bridgehead atoms. The molecular weight excluding hydrogens is 232 g/mol. The highest BCUT2D eigenvalue weighted by Gasteiger charge is 2.16. The third kappa shape index (κ3) is 8.44. The maximum atomic E-state index is 12.0. The van der Waals surface area contributed by atoms with E-state index in [-0.39, 0.29) is 18.6 Å². The highest BCUT2D eigenvalue weighted by molar-refractivity contribution is 5.76. The molecule has 0 atom stereocenters. The number of aliphatic hydroxyl groups excluding tert-OH is 1. The molecule has 0 aliphatic rings. The van der Waals surface area contributed by atoms with E-state index >= 15 is 0 Å². The van der Waals surface area contributed by atoms with Gasteiger partial charge in [0.25, 0.3) is 0 Å². The third-order valence-corrected chi connectivity index (χ3v) is 2.55. The van der Waals surface area contributed by atoms with Crippen molar-refractivity contribution in [2.75, 3.05) is 32.9 Å². The van der Waals surface area contributed by atoms with Crippen molar-refractivity contribution in [2.24, 2.45) is 0 Å². The van der Waals surface area contributed by atoms with Gasteiger partial charge in [-0.15, -0.1) is 0 Å². The molecule has 0 aromatic carbocycles. The average molecular weight is 260 g/mol. The molecule has 0 saturated heterocycles. The number of ether oxygens (including phenoxy) is 1. The second-order valence-corrected chi connectivity index (χ2v) is 4.88. The Hall–Kier alpha value is -0.650. The third-order valence-electron chi connectivity index (χ3n) is 2.55. The molecule has 0 saturated carbocycles. The number of hydrogen-bond donors (Lipinski definition) is 2. The summed E-state index contributed by atoms with van der Waals surface area (Å²) >= 11 is 0. The summed E-state index contributed by atoms with van der Waals surface area (Å²) < 4.78 is 5.20. The molecule has 0 aliphatic carbocycles. The van der Waals surface area contributed by atoms with Crippen LogP contribution in [0.2, 0.25) is 0 Å². The molecule has 0 aliphatic heterocycles. The van der Waals surface area contributed by atoms with E-state index in [0.29, 0.717) is 38.8 Å². The lowest BCUT2D eigenvalue weighted by atomic mass is 10.2. The topological polar surface area (TPSA) is 61.8 Å². The molecule has 2 N–H and O–H groups in total. The number of carbonyl (C=O) groups is 1. The average Bonchev–Trinajstić information content (AvgIpc) is 2.27. The molecule has 0 fully saturated rings. The maximum absolute atomic E-state index is 12.0. The smallest absolute Gasteiger partial charge is 0.224 e. The molecular formula is C13H28N2O3. The van der Waals surface area contributed by atoms with Gasteiger partial charge in [-0.3, -0.25) is 4.79 Å². The fraction of sp³-hybridized carbons (Fsp3) is 0.923. The van der Waals surface area contributed by atoms with Crippen molar-refractivity contribution in [3.05, 3.63) is 0 Å². The standard InChI is InChI=1S/C13H28N2O3/c1-11(2)14-6-5-13(17)15(12(3)4)7-9-18-10-8-16/h11-12,14,16H,5-10H2,1-4H3. The van der Waals surface area contributed by atoms with E-state index in [1.165, 1.54) is 0 Å². The predicted octanol–water partition coefficient (Wildman–Crippen LogP) is 0.620. The van der Waals surface area contributed by atoms with E-state index in [2.05, 4.69) is 19.2 Å². The van der Waals surface area contributed by atoms with E-state index < -0.39 is 0 Å². The normalized spacial score (nSPS) is 11.3. The zero-order valence-electron chi connectivity index (χ0n) is 12.1. The lowest BCUT2D eigenvalue weighted by Gasteiger charge is -2.27. The Balaban J connectivity index is 3.95. The summed E-state index contributed by atoms with van der Waals surface area (Å²) in [6.45, 7) is 10.2. The molecule has 5 heteroatoms. The molecule has 0 radical (unpaired) electrons. The quantitative estimate of drug-likeness (QED) is 0.565. The van der Waals surface area contributed by atoms with Crippen molar-refractivity contribution in [1.29, 1.82) is 0 Å². The molecule has 1 amide bonds. The van der Waals surface area contributed by atoms with Gasteiger partial charge >= 0.3 is 0 Å². The van der Waals surface area contributed by atoms with Gasteiger partial charge in [0, 0.05) is 31.6 Å². The van der Waals surface area contributed by atoms with E-state index in [1.807, 2.05) is 18.7 Å². The number of nitrogens with one attached hydrogen (secondary N) is 1. The van der Waals surface area contributed by atoms with Gasteiger partial charge in [-0.2, -0.15) is 0 Å². The van der Waals surface area contributed by atoms with Crippen LogP contribution in [0.3, 0.4) is 0 Å². The van der Waals surface area contributed by atoms with Crippen LogP contribution in [0.1, 0.15) is 34.1 Å². The van der Waals surface area contributed by atoms with Crippen molar-refractivity contribution in [1.82, 2.24) is 10.2 Å². The highest BCUT2D eigenvalue weighted by atomic mass is 16.5. The van der Waals surface area contributed by atoms with Gasteiger partial charge < -0.3 is 20.1 Å². The van der Waals surface area contributed by atoms with Crippen LogP contribution in [0.25, 0.3) is 0 Å². The molecule has 0 rings (SSSR count). The number of nitrogens with zero attached hydrogens (tertiary/aromatic N) is 1. The second kappa shape index (κ2) is 10.3. The van der Waals surface area contributed by atoms with Crippen LogP contribution in [0, 0.1) is 0 Å². The summed E-state index contributed by atoms with van der Waals surface area (Å²) in [5, 5.41) is 11.8. The Bertz CT molecular complexity index is 220. The maximum Gasteiger partial charge on any atom is 0.224 e. The van der Waals surface area contributed by atoms with Gasteiger partial charge in [0.2, 0.25) is 5.91 Å². The molecule has 5 nitrogen and oxygen atoms in total. The van der Waals surface area contributed by atoms with Gasteiger partial charge in [-0.05, 0) is 13.8 Å². The van der Waals surface area contributed by atoms with Crippen LogP contribution in [0.5, 0.6) is 0 Å². The molecule has 0 heterocycles. The summed E-state index contributed by atoms with van der Waals surface area (Å²) in [6, 6.07) is 0.576. The van der Waals surface area contributed by atoms with E-state index in [0.717, 1.165) is 0 Å². The van der Waals surface area contributed by atoms with Crippen molar-refractivity contribution >= 4 is 5.91 Å². The number of aliphatic hydroxyl groups is 1. The van der Waals surface area contributed by atoms with Gasteiger partial charge in [0.15, 0.2) is 0 Å². The number of amides is 1. The summed E-state index contributed by atoms with van der Waals surface area (Å²) in [7, 11) is 0. The van der Waals surface area contributed by atoms with E-state index in [9.17, 15) is 4.79 Å². The van der Waals surface area contributed by atoms with Gasteiger partial charge in [0.05, 0.1) is 19.8 Å². The van der Waals surface area contributed by atoms with E-state index in [4.69, 9.17) is 9.84 Å². The minimum atomic E-state index is 0.0218. The first-order valence-electron chi connectivity index (χ1n) is 6.70. The van der Waals surface area contributed by atoms with Crippen LogP contribution in [-0.2, 0) is 9.53 Å². The van der Waals surface area contributed by atoms with E-state index in [1.54, 1.807) is 0 Å². The largest absolute Gasteiger partial charge is 0.394 e. The Morgan fingerprint density at radius 3 is 2.44 bits per heavy atom. The number of carbonyl (C=O) groups excluding carboxylic acids is 1. The SMILES string of the molecule is CC(C)NCCC(=O)N(CCOCCO)C(C)C. The Labute approximate surface area is 110 Å². The van der Waals surface area contributed by atoms with Gasteiger partial charge in [-0.1, -0.05) is 13.8 Å². The molecule has 108 valence electrons. The second-order valence-electron chi connectivity index (χ2n) is 4.88. The Kier molecular flexibility index (Phi) is 9.92. The van der Waals surface area contributed by atoms with Gasteiger partial charge in [0.1, 0.15) is 0 Å². The minimum absolute atomic E-state index is 0.0218. The minimum Gasteiger partial charge on any atom is -0.394 e. The first-order valence-corrected chi connectivity index (χ1v) is 6.70. The lowest BCUT2D eigenvalue weighted by Crippen LogP contribution is -2.41. The van der Waals surface area contributed by atoms with Crippen molar-refractivity contribution in [2.45, 2.75) is 46.2 Å². The molecule has 0 unspecified atom stereocenters. The summed E-state index contributed by atoms with van der Waals surface area (Å²) in [4.78, 5) is 13.8. The summed E-state index contributed by atoms with van der Waals surface area (Å²) in [5.74, 6) is 0.144. The highest BCUT2D eigenvalue weighted by Crippen LogP contribution is 2.01. The molecule has 0 spiro atoms. The van der Waals surface area contributed by atoms with Crippen LogP contribution in [-0.4, -0.2) is 60.9 Å². The predicted molar refractivity (Wildman–Crippen MR) is 72.5 cm³/mol. The van der Waals surface area contributed by atoms with Crippen LogP contribution in [0.4, 0.5) is 0 Å². The molecule has 0 aromatic rings. The Morgan fingerprint density at radius 1 is 1.28 bits per heavy atom. The zero-order chi connectivity index (χ0) is 14.0. The fourth-order valence-corrected chi connectivity index (χ4v) is 1.61. The first kappa shape index (κ1) is 17.4. The zero-order valence-corrected chi connectivity index (χ0v) is 12.1. The number of rotatable bonds is 10. The van der Waals surface area contributed by atoms with Crippen LogP contribution >= 0.6 is 0 Å². The fourth-order valence-electron chi connectivity index (χ4n) is 1.61. The first-order chi connectivity index (χ1) is 8.49. The monoisotopic (exact) mass is 260 g/mol. The lowest BCUT2D eigenvalue weighted by molar-refractivity contribution is -0.133. The van der Waals surface area contributed by atoms with Crippen molar-refractivity contribution in [3.8, 4) is 0 Å². The Morgan fingerprint density at radius 2 is 1.94 bits per heavy atom. The van der Waals surface area contributed by atoms with Crippen LogP contribution < -0.4 is 5.32 Å². The summed E-state index contributed by atoms with van der Waals surface area (Å²) in [5.41, 5.74) is 0. The van der Waals surface area contributed by atoms with Crippen LogP contribution in [0.15, 0.2) is 0 Å². The van der Waals surface area contributed by atoms with Crippen molar-refractivity contribution < 1.29 is 14.6 Å². The van der Waals surface area contributed by atoms with Gasteiger partial charge in [-0.25, -0.2) is 0 Å².